The first-order valence-electron chi connectivity index (χ1n) is 5.98. The van der Waals surface area contributed by atoms with Gasteiger partial charge in [0.2, 0.25) is 5.91 Å². The number of carbonyl (C=O) groups excluding carboxylic acids is 1. The van der Waals surface area contributed by atoms with Gasteiger partial charge in [-0.15, -0.1) is 0 Å². The summed E-state index contributed by atoms with van der Waals surface area (Å²) in [6.07, 6.45) is 8.83. The Labute approximate surface area is 87.7 Å². The van der Waals surface area contributed by atoms with E-state index in [-0.39, 0.29) is 5.91 Å². The Morgan fingerprint density at radius 1 is 1.29 bits per heavy atom. The average molecular weight is 197 g/mol. The molecular weight excluding hydrogens is 174 g/mol. The van der Waals surface area contributed by atoms with E-state index in [0.717, 1.165) is 12.5 Å². The van der Waals surface area contributed by atoms with Gasteiger partial charge < -0.3 is 4.90 Å². The van der Waals surface area contributed by atoms with Gasteiger partial charge in [0.15, 0.2) is 0 Å². The second-order valence-electron chi connectivity index (χ2n) is 4.46. The zero-order valence-electron chi connectivity index (χ0n) is 9.59. The van der Waals surface area contributed by atoms with Gasteiger partial charge in [0.05, 0.1) is 0 Å². The van der Waals surface area contributed by atoms with E-state index in [1.165, 1.54) is 38.5 Å². The molecule has 0 bridgehead atoms. The predicted octanol–water partition coefficient (Wildman–Crippen LogP) is 2.83. The fourth-order valence-electron chi connectivity index (χ4n) is 2.25. The number of amides is 1. The molecule has 0 unspecified atom stereocenters. The summed E-state index contributed by atoms with van der Waals surface area (Å²) in [5.41, 5.74) is 0. The van der Waals surface area contributed by atoms with Gasteiger partial charge in [0, 0.05) is 20.0 Å². The quantitative estimate of drug-likeness (QED) is 0.678. The van der Waals surface area contributed by atoms with Crippen LogP contribution in [-0.2, 0) is 4.79 Å². The van der Waals surface area contributed by atoms with Crippen molar-refractivity contribution in [3.05, 3.63) is 0 Å². The second kappa shape index (κ2) is 6.05. The third-order valence-electron chi connectivity index (χ3n) is 3.33. The van der Waals surface area contributed by atoms with E-state index >= 15 is 0 Å². The molecular formula is C12H23NO. The van der Waals surface area contributed by atoms with Crippen molar-refractivity contribution in [2.45, 2.75) is 51.9 Å². The lowest BCUT2D eigenvalue weighted by Gasteiger charge is -2.24. The summed E-state index contributed by atoms with van der Waals surface area (Å²) in [5, 5.41) is 0. The summed E-state index contributed by atoms with van der Waals surface area (Å²) in [7, 11) is 1.93. The summed E-state index contributed by atoms with van der Waals surface area (Å²) in [4.78, 5) is 13.2. The maximum atomic E-state index is 11.3. The molecule has 0 aromatic heterocycles. The number of carbonyl (C=O) groups is 1. The van der Waals surface area contributed by atoms with E-state index in [2.05, 4.69) is 0 Å². The lowest BCUT2D eigenvalue weighted by molar-refractivity contribution is -0.129. The molecule has 0 aromatic carbocycles. The third-order valence-corrected chi connectivity index (χ3v) is 3.33. The minimum Gasteiger partial charge on any atom is -0.346 e. The van der Waals surface area contributed by atoms with Crippen molar-refractivity contribution in [1.29, 1.82) is 0 Å². The van der Waals surface area contributed by atoms with E-state index in [4.69, 9.17) is 0 Å². The van der Waals surface area contributed by atoms with Gasteiger partial charge in [0.1, 0.15) is 0 Å². The maximum absolute atomic E-state index is 11.3. The molecule has 1 rings (SSSR count). The van der Waals surface area contributed by atoms with Crippen LogP contribution in [0, 0.1) is 5.92 Å². The molecule has 2 nitrogen and oxygen atoms in total. The monoisotopic (exact) mass is 197 g/mol. The Bertz CT molecular complexity index is 173. The summed E-state index contributed by atoms with van der Waals surface area (Å²) in [6.45, 7) is 2.89. The molecule has 0 spiro atoms. The van der Waals surface area contributed by atoms with E-state index in [1.807, 2.05) is 18.9 Å². The number of hydrogen-bond acceptors (Lipinski definition) is 1. The molecule has 1 aliphatic carbocycles. The minimum atomic E-state index is 0.279. The highest BCUT2D eigenvalue weighted by Crippen LogP contribution is 2.26. The van der Waals surface area contributed by atoms with Gasteiger partial charge in [-0.2, -0.15) is 0 Å². The maximum Gasteiger partial charge on any atom is 0.222 e. The van der Waals surface area contributed by atoms with Crippen LogP contribution >= 0.6 is 0 Å². The zero-order chi connectivity index (χ0) is 10.4. The van der Waals surface area contributed by atoms with E-state index < -0.39 is 0 Å². The van der Waals surface area contributed by atoms with Crippen molar-refractivity contribution < 1.29 is 4.79 Å². The van der Waals surface area contributed by atoms with Crippen LogP contribution in [0.15, 0.2) is 0 Å². The van der Waals surface area contributed by atoms with Crippen molar-refractivity contribution in [2.24, 2.45) is 5.92 Å². The topological polar surface area (TPSA) is 20.3 Å². The lowest BCUT2D eigenvalue weighted by atomic mass is 9.87. The summed E-state index contributed by atoms with van der Waals surface area (Å²) in [6, 6.07) is 0. The molecule has 0 aliphatic heterocycles. The van der Waals surface area contributed by atoms with Gasteiger partial charge in [-0.1, -0.05) is 39.0 Å². The molecule has 0 heterocycles. The zero-order valence-corrected chi connectivity index (χ0v) is 9.59. The van der Waals surface area contributed by atoms with Crippen LogP contribution < -0.4 is 0 Å². The standard InChI is InChI=1S/C12H23NO/c1-3-12(14)13(2)10-9-11-7-5-4-6-8-11/h11H,3-10H2,1-2H3. The number of rotatable bonds is 4. The molecule has 1 fully saturated rings. The highest BCUT2D eigenvalue weighted by molar-refractivity contribution is 5.75. The van der Waals surface area contributed by atoms with Crippen LogP contribution in [0.5, 0.6) is 0 Å². The van der Waals surface area contributed by atoms with Crippen molar-refractivity contribution in [1.82, 2.24) is 4.90 Å². The van der Waals surface area contributed by atoms with Gasteiger partial charge in [0.25, 0.3) is 0 Å². The van der Waals surface area contributed by atoms with E-state index in [1.54, 1.807) is 0 Å². The van der Waals surface area contributed by atoms with Crippen molar-refractivity contribution in [3.8, 4) is 0 Å². The van der Waals surface area contributed by atoms with Crippen LogP contribution in [0.2, 0.25) is 0 Å². The predicted molar refractivity (Wildman–Crippen MR) is 59.1 cm³/mol. The SMILES string of the molecule is CCC(=O)N(C)CCC1CCCCC1. The fourth-order valence-corrected chi connectivity index (χ4v) is 2.25. The molecule has 2 heteroatoms. The lowest BCUT2D eigenvalue weighted by Crippen LogP contribution is -2.28. The molecule has 0 N–H and O–H groups in total. The van der Waals surface area contributed by atoms with Crippen LogP contribution in [0.3, 0.4) is 0 Å². The average Bonchev–Trinajstić information content (AvgIpc) is 2.26. The van der Waals surface area contributed by atoms with Gasteiger partial charge in [-0.3, -0.25) is 4.79 Å². The summed E-state index contributed by atoms with van der Waals surface area (Å²) < 4.78 is 0. The van der Waals surface area contributed by atoms with Gasteiger partial charge in [-0.25, -0.2) is 0 Å². The molecule has 1 amide bonds. The van der Waals surface area contributed by atoms with Crippen molar-refractivity contribution >= 4 is 5.91 Å². The van der Waals surface area contributed by atoms with E-state index in [9.17, 15) is 4.79 Å². The molecule has 0 saturated heterocycles. The molecule has 1 aliphatic rings. The highest BCUT2D eigenvalue weighted by atomic mass is 16.2. The Kier molecular flexibility index (Phi) is 4.99. The first-order chi connectivity index (χ1) is 6.74. The Balaban J connectivity index is 2.15. The van der Waals surface area contributed by atoms with Crippen LogP contribution in [0.25, 0.3) is 0 Å². The minimum absolute atomic E-state index is 0.279. The third kappa shape index (κ3) is 3.69. The molecule has 0 aromatic rings. The van der Waals surface area contributed by atoms with Gasteiger partial charge >= 0.3 is 0 Å². The smallest absolute Gasteiger partial charge is 0.222 e. The summed E-state index contributed by atoms with van der Waals surface area (Å²) in [5.74, 6) is 1.16. The van der Waals surface area contributed by atoms with Crippen LogP contribution in [0.1, 0.15) is 51.9 Å². The second-order valence-corrected chi connectivity index (χ2v) is 4.46. The highest BCUT2D eigenvalue weighted by Gasteiger charge is 2.14. The Hall–Kier alpha value is -0.530. The van der Waals surface area contributed by atoms with Gasteiger partial charge in [-0.05, 0) is 12.3 Å². The van der Waals surface area contributed by atoms with Crippen LogP contribution in [0.4, 0.5) is 0 Å². The van der Waals surface area contributed by atoms with E-state index in [0.29, 0.717) is 6.42 Å². The fraction of sp³-hybridized carbons (Fsp3) is 0.917. The molecule has 82 valence electrons. The van der Waals surface area contributed by atoms with Crippen molar-refractivity contribution in [3.63, 3.8) is 0 Å². The first-order valence-corrected chi connectivity index (χ1v) is 5.98. The van der Waals surface area contributed by atoms with Crippen LogP contribution in [-0.4, -0.2) is 24.4 Å². The van der Waals surface area contributed by atoms with Crippen molar-refractivity contribution in [2.75, 3.05) is 13.6 Å². The Morgan fingerprint density at radius 2 is 1.93 bits per heavy atom. The normalized spacial score (nSPS) is 18.1. The number of hydrogen-bond donors (Lipinski definition) is 0. The molecule has 14 heavy (non-hydrogen) atoms. The molecule has 1 saturated carbocycles. The number of nitrogens with zero attached hydrogens (tertiary/aromatic N) is 1. The first kappa shape index (κ1) is 11.5. The molecule has 0 radical (unpaired) electrons. The molecule has 0 atom stereocenters. The summed E-state index contributed by atoms with van der Waals surface area (Å²) >= 11 is 0. The largest absolute Gasteiger partial charge is 0.346 e. The Morgan fingerprint density at radius 3 is 2.50 bits per heavy atom.